The summed E-state index contributed by atoms with van der Waals surface area (Å²) < 4.78 is 26.2. The van der Waals surface area contributed by atoms with Gasteiger partial charge in [-0.3, -0.25) is 0 Å². The Bertz CT molecular complexity index is 596. The fourth-order valence-electron chi connectivity index (χ4n) is 3.74. The van der Waals surface area contributed by atoms with Crippen molar-refractivity contribution in [2.45, 2.75) is 86.0 Å². The van der Waals surface area contributed by atoms with Crippen LogP contribution in [0.4, 0.5) is 0 Å². The maximum atomic E-state index is 10.6. The molecule has 188 valence electrons. The molecule has 3 aliphatic rings. The predicted molar refractivity (Wildman–Crippen MR) is 95.2 cm³/mol. The second kappa shape index (κ2) is 10.8. The molecule has 0 saturated carbocycles. The van der Waals surface area contributed by atoms with Gasteiger partial charge in [-0.2, -0.15) is 0 Å². The molecule has 0 amide bonds. The lowest BCUT2D eigenvalue weighted by molar-refractivity contribution is -0.343. The monoisotopic (exact) mass is 474 g/mol. The average molecular weight is 474 g/mol. The second-order valence-electron chi connectivity index (χ2n) is 7.88. The first-order chi connectivity index (χ1) is 15.1. The first-order valence-electron chi connectivity index (χ1n) is 10.00. The maximum absolute atomic E-state index is 10.6. The molecule has 0 bridgehead atoms. The summed E-state index contributed by atoms with van der Waals surface area (Å²) in [6.07, 6.45) is -21.9. The van der Waals surface area contributed by atoms with Gasteiger partial charge in [0.25, 0.3) is 0 Å². The smallest absolute Gasteiger partial charge is 0.187 e. The third kappa shape index (κ3) is 5.07. The van der Waals surface area contributed by atoms with E-state index in [0.717, 1.165) is 0 Å². The standard InChI is InChI=1S/C17H30O15/c18-1-4-7(20)12(25)17(31-4)32-14-9(22)5(2-19)30-16(13(14)26)28-3-6-8(21)10(23)11(24)15(27)29-6/h4-27H,1-3H2/t4-,5+,6+,7-,8-,9-,10-,11+,12+,13+,14-,15?,16+,17-/m0/s1. The lowest BCUT2D eigenvalue weighted by Crippen LogP contribution is -2.62. The molecule has 0 aromatic carbocycles. The van der Waals surface area contributed by atoms with E-state index >= 15 is 0 Å². The van der Waals surface area contributed by atoms with Gasteiger partial charge in [0.05, 0.1) is 19.8 Å². The summed E-state index contributed by atoms with van der Waals surface area (Å²) in [5, 5.41) is 98.3. The molecule has 3 saturated heterocycles. The molecule has 0 aliphatic carbocycles. The van der Waals surface area contributed by atoms with Gasteiger partial charge in [-0.15, -0.1) is 0 Å². The Hall–Kier alpha value is -0.600. The van der Waals surface area contributed by atoms with Crippen LogP contribution >= 0.6 is 0 Å². The molecule has 15 nitrogen and oxygen atoms in total. The van der Waals surface area contributed by atoms with Gasteiger partial charge < -0.3 is 74.7 Å². The number of hydrogen-bond acceptors (Lipinski definition) is 15. The summed E-state index contributed by atoms with van der Waals surface area (Å²) in [7, 11) is 0. The SMILES string of the molecule is OC[C@@H]1O[C@@H](O[C@H]2[C@@H](O)[C@@H](CO)O[C@@H](OC[C@H]3OC(O)[C@H](O)[C@@H](O)[C@H]3O)[C@@H]2O)[C@H](O)[C@H]1O. The molecule has 0 aromatic rings. The van der Waals surface area contributed by atoms with E-state index in [1.54, 1.807) is 0 Å². The van der Waals surface area contributed by atoms with Gasteiger partial charge >= 0.3 is 0 Å². The van der Waals surface area contributed by atoms with Crippen LogP contribution in [0.2, 0.25) is 0 Å². The summed E-state index contributed by atoms with van der Waals surface area (Å²) in [5.41, 5.74) is 0. The Labute approximate surface area is 181 Å². The Kier molecular flexibility index (Phi) is 8.75. The van der Waals surface area contributed by atoms with Crippen molar-refractivity contribution in [3.8, 4) is 0 Å². The number of hydrogen-bond donors (Lipinski definition) is 10. The van der Waals surface area contributed by atoms with Crippen molar-refractivity contribution in [1.82, 2.24) is 0 Å². The van der Waals surface area contributed by atoms with Crippen molar-refractivity contribution in [2.75, 3.05) is 19.8 Å². The van der Waals surface area contributed by atoms with Gasteiger partial charge in [0.1, 0.15) is 67.1 Å². The van der Waals surface area contributed by atoms with E-state index in [2.05, 4.69) is 0 Å². The molecule has 0 radical (unpaired) electrons. The lowest BCUT2D eigenvalue weighted by atomic mass is 9.98. The summed E-state index contributed by atoms with van der Waals surface area (Å²) in [5.74, 6) is 0. The van der Waals surface area contributed by atoms with Gasteiger partial charge in [0.2, 0.25) is 0 Å². The molecule has 3 aliphatic heterocycles. The van der Waals surface area contributed by atoms with Crippen LogP contribution in [0.5, 0.6) is 0 Å². The molecule has 0 aromatic heterocycles. The Balaban J connectivity index is 1.65. The minimum atomic E-state index is -1.81. The highest BCUT2D eigenvalue weighted by Gasteiger charge is 2.51. The van der Waals surface area contributed by atoms with Gasteiger partial charge in [-0.05, 0) is 0 Å². The number of aliphatic hydroxyl groups excluding tert-OH is 10. The number of ether oxygens (including phenoxy) is 5. The highest BCUT2D eigenvalue weighted by molar-refractivity contribution is 4.94. The molecule has 14 atom stereocenters. The van der Waals surface area contributed by atoms with E-state index in [4.69, 9.17) is 28.8 Å². The number of aliphatic hydroxyl groups is 10. The Morgan fingerprint density at radius 3 is 1.69 bits per heavy atom. The highest BCUT2D eigenvalue weighted by Crippen LogP contribution is 2.30. The molecular weight excluding hydrogens is 444 g/mol. The first kappa shape index (κ1) is 26.0. The van der Waals surface area contributed by atoms with Crippen molar-refractivity contribution in [2.24, 2.45) is 0 Å². The Morgan fingerprint density at radius 1 is 0.531 bits per heavy atom. The van der Waals surface area contributed by atoms with Crippen LogP contribution < -0.4 is 0 Å². The predicted octanol–water partition coefficient (Wildman–Crippen LogP) is -6.93. The average Bonchev–Trinajstić information content (AvgIpc) is 3.05. The maximum Gasteiger partial charge on any atom is 0.187 e. The highest BCUT2D eigenvalue weighted by atomic mass is 16.7. The van der Waals surface area contributed by atoms with E-state index in [9.17, 15) is 46.0 Å². The van der Waals surface area contributed by atoms with Crippen molar-refractivity contribution >= 4 is 0 Å². The van der Waals surface area contributed by atoms with Crippen LogP contribution in [0.15, 0.2) is 0 Å². The summed E-state index contributed by atoms with van der Waals surface area (Å²) in [4.78, 5) is 0. The van der Waals surface area contributed by atoms with Crippen LogP contribution in [0, 0.1) is 0 Å². The quantitative estimate of drug-likeness (QED) is 0.165. The van der Waals surface area contributed by atoms with Crippen molar-refractivity contribution in [3.63, 3.8) is 0 Å². The van der Waals surface area contributed by atoms with E-state index in [0.29, 0.717) is 0 Å². The molecule has 1 unspecified atom stereocenters. The molecule has 3 heterocycles. The molecule has 3 fully saturated rings. The second-order valence-corrected chi connectivity index (χ2v) is 7.88. The number of rotatable bonds is 7. The van der Waals surface area contributed by atoms with Crippen molar-refractivity contribution < 1.29 is 74.7 Å². The minimum absolute atomic E-state index is 0.557. The first-order valence-corrected chi connectivity index (χ1v) is 10.00. The fraction of sp³-hybridized carbons (Fsp3) is 1.00. The van der Waals surface area contributed by atoms with Crippen molar-refractivity contribution in [3.05, 3.63) is 0 Å². The van der Waals surface area contributed by atoms with Gasteiger partial charge in [-0.25, -0.2) is 0 Å². The Morgan fingerprint density at radius 2 is 1.09 bits per heavy atom. The minimum Gasteiger partial charge on any atom is -0.394 e. The fourth-order valence-corrected chi connectivity index (χ4v) is 3.74. The summed E-state index contributed by atoms with van der Waals surface area (Å²) in [6.45, 7) is -1.91. The van der Waals surface area contributed by atoms with Crippen LogP contribution in [-0.4, -0.2) is 157 Å². The van der Waals surface area contributed by atoms with Crippen molar-refractivity contribution in [1.29, 1.82) is 0 Å². The largest absolute Gasteiger partial charge is 0.394 e. The lowest BCUT2D eigenvalue weighted by Gasteiger charge is -2.43. The molecule has 15 heteroatoms. The van der Waals surface area contributed by atoms with Gasteiger partial charge in [-0.1, -0.05) is 0 Å². The molecule has 32 heavy (non-hydrogen) atoms. The molecular formula is C17H30O15. The van der Waals surface area contributed by atoms with Crippen LogP contribution in [-0.2, 0) is 23.7 Å². The summed E-state index contributed by atoms with van der Waals surface area (Å²) >= 11 is 0. The third-order valence-corrected chi connectivity index (χ3v) is 5.72. The van der Waals surface area contributed by atoms with Crippen LogP contribution in [0.3, 0.4) is 0 Å². The molecule has 10 N–H and O–H groups in total. The normalized spacial score (nSPS) is 52.3. The molecule has 0 spiro atoms. The zero-order valence-corrected chi connectivity index (χ0v) is 16.7. The molecule has 3 rings (SSSR count). The van der Waals surface area contributed by atoms with Crippen LogP contribution in [0.1, 0.15) is 0 Å². The zero-order chi connectivity index (χ0) is 23.7. The van der Waals surface area contributed by atoms with E-state index in [1.165, 1.54) is 0 Å². The van der Waals surface area contributed by atoms with E-state index in [1.807, 2.05) is 0 Å². The van der Waals surface area contributed by atoms with Crippen LogP contribution in [0.25, 0.3) is 0 Å². The van der Waals surface area contributed by atoms with E-state index < -0.39 is 106 Å². The van der Waals surface area contributed by atoms with Gasteiger partial charge in [0, 0.05) is 0 Å². The third-order valence-electron chi connectivity index (χ3n) is 5.72. The summed E-state index contributed by atoms with van der Waals surface area (Å²) in [6, 6.07) is 0. The van der Waals surface area contributed by atoms with E-state index in [-0.39, 0.29) is 0 Å². The zero-order valence-electron chi connectivity index (χ0n) is 16.7. The topological polar surface area (TPSA) is 248 Å². The van der Waals surface area contributed by atoms with Gasteiger partial charge in [0.15, 0.2) is 18.9 Å².